The quantitative estimate of drug-likeness (QED) is 0.338. The monoisotopic (exact) mass is 442 g/mol. The van der Waals surface area contributed by atoms with Crippen LogP contribution in [0.3, 0.4) is 0 Å². The summed E-state index contributed by atoms with van der Waals surface area (Å²) in [6, 6.07) is 11.2. The third kappa shape index (κ3) is 3.60. The highest BCUT2D eigenvalue weighted by atomic mass is 35.5. The number of fused-ring (bicyclic) bond motifs is 1. The predicted octanol–water partition coefficient (Wildman–Crippen LogP) is 5.19. The number of halogens is 1. The van der Waals surface area contributed by atoms with Gasteiger partial charge in [-0.2, -0.15) is 0 Å². The minimum absolute atomic E-state index is 0.00360. The van der Waals surface area contributed by atoms with Crippen molar-refractivity contribution in [2.75, 3.05) is 12.4 Å². The Morgan fingerprint density at radius 3 is 2.80 bits per heavy atom. The Morgan fingerprint density at radius 2 is 2.10 bits per heavy atom. The highest BCUT2D eigenvalue weighted by Crippen LogP contribution is 2.31. The van der Waals surface area contributed by atoms with Gasteiger partial charge < -0.3 is 10.1 Å². The Labute approximate surface area is 179 Å². The first-order chi connectivity index (χ1) is 14.4. The van der Waals surface area contributed by atoms with Crippen molar-refractivity contribution in [2.45, 2.75) is 6.92 Å². The number of amides is 1. The molecule has 0 saturated heterocycles. The van der Waals surface area contributed by atoms with E-state index in [0.717, 1.165) is 0 Å². The van der Waals surface area contributed by atoms with Crippen molar-refractivity contribution >= 4 is 45.2 Å². The van der Waals surface area contributed by atoms with Gasteiger partial charge in [-0.05, 0) is 25.1 Å². The van der Waals surface area contributed by atoms with E-state index in [-0.39, 0.29) is 11.6 Å². The second kappa shape index (κ2) is 7.77. The summed E-state index contributed by atoms with van der Waals surface area (Å²) in [4.78, 5) is 29.0. The number of carbonyl (C=O) groups excluding carboxylic acids is 1. The van der Waals surface area contributed by atoms with Gasteiger partial charge in [0.05, 0.1) is 23.4 Å². The number of carbonyl (C=O) groups is 1. The smallest absolute Gasteiger partial charge is 0.270 e. The number of nitro groups is 1. The molecule has 10 heteroatoms. The minimum atomic E-state index is -0.445. The molecule has 0 spiro atoms. The van der Waals surface area contributed by atoms with Crippen LogP contribution in [0, 0.1) is 17.0 Å². The molecule has 2 heterocycles. The lowest BCUT2D eigenvalue weighted by Crippen LogP contribution is -2.12. The molecule has 2 aromatic carbocycles. The maximum atomic E-state index is 12.8. The number of aromatic nitrogens is 2. The van der Waals surface area contributed by atoms with Crippen molar-refractivity contribution < 1.29 is 14.5 Å². The van der Waals surface area contributed by atoms with E-state index in [1.807, 2.05) is 6.92 Å². The molecule has 152 valence electrons. The number of hydrogen-bond acceptors (Lipinski definition) is 6. The summed E-state index contributed by atoms with van der Waals surface area (Å²) < 4.78 is 7.06. The molecule has 0 aliphatic heterocycles. The van der Waals surface area contributed by atoms with E-state index in [1.54, 1.807) is 40.9 Å². The zero-order valence-corrected chi connectivity index (χ0v) is 17.5. The molecule has 1 N–H and O–H groups in total. The average Bonchev–Trinajstić information content (AvgIpc) is 3.28. The number of rotatable bonds is 5. The van der Waals surface area contributed by atoms with Crippen LogP contribution >= 0.6 is 22.9 Å². The number of benzene rings is 2. The van der Waals surface area contributed by atoms with E-state index in [1.165, 1.54) is 30.6 Å². The topological polar surface area (TPSA) is 98.8 Å². The third-order valence-corrected chi connectivity index (χ3v) is 5.92. The summed E-state index contributed by atoms with van der Waals surface area (Å²) in [5, 5.41) is 14.3. The lowest BCUT2D eigenvalue weighted by molar-refractivity contribution is -0.384. The highest BCUT2D eigenvalue weighted by molar-refractivity contribution is 7.19. The number of anilines is 1. The van der Waals surface area contributed by atoms with E-state index in [2.05, 4.69) is 10.3 Å². The third-order valence-electron chi connectivity index (χ3n) is 4.53. The highest BCUT2D eigenvalue weighted by Gasteiger charge is 2.20. The molecule has 2 aromatic heterocycles. The predicted molar refractivity (Wildman–Crippen MR) is 116 cm³/mol. The summed E-state index contributed by atoms with van der Waals surface area (Å²) in [7, 11) is 1.51. The largest absolute Gasteiger partial charge is 0.495 e. The lowest BCUT2D eigenvalue weighted by atomic mass is 10.1. The first-order valence-electron chi connectivity index (χ1n) is 8.75. The van der Waals surface area contributed by atoms with Gasteiger partial charge in [-0.15, -0.1) is 0 Å². The Hall–Kier alpha value is -3.43. The molecule has 1 amide bonds. The molecular formula is C20H15ClN4O4S. The van der Waals surface area contributed by atoms with Gasteiger partial charge in [-0.1, -0.05) is 35.1 Å². The maximum Gasteiger partial charge on any atom is 0.270 e. The van der Waals surface area contributed by atoms with Gasteiger partial charge in [0.25, 0.3) is 11.6 Å². The Balaban J connectivity index is 1.66. The fourth-order valence-electron chi connectivity index (χ4n) is 3.04. The molecule has 0 aliphatic rings. The molecule has 4 aromatic rings. The number of nitrogens with one attached hydrogen (secondary N) is 1. The van der Waals surface area contributed by atoms with Crippen LogP contribution in [0.2, 0.25) is 5.02 Å². The van der Waals surface area contributed by atoms with Crippen LogP contribution in [0.1, 0.15) is 15.4 Å². The number of aryl methyl sites for hydroxylation is 1. The SMILES string of the molecule is COc1ccc(Cl)cc1NC(=O)c1sc2nc(-c3cccc([N+](=O)[O-])c3)cn2c1C. The zero-order valence-electron chi connectivity index (χ0n) is 15.9. The number of ether oxygens (including phenoxy) is 1. The van der Waals surface area contributed by atoms with E-state index in [0.29, 0.717) is 43.2 Å². The van der Waals surface area contributed by atoms with Crippen molar-refractivity contribution in [3.63, 3.8) is 0 Å². The van der Waals surface area contributed by atoms with Crippen molar-refractivity contribution in [2.24, 2.45) is 0 Å². The molecule has 0 atom stereocenters. The number of nitro benzene ring substituents is 1. The van der Waals surface area contributed by atoms with Gasteiger partial charge in [-0.3, -0.25) is 19.3 Å². The van der Waals surface area contributed by atoms with Gasteiger partial charge in [0.2, 0.25) is 0 Å². The zero-order chi connectivity index (χ0) is 21.4. The number of thiazole rings is 1. The molecule has 0 saturated carbocycles. The molecule has 0 fully saturated rings. The van der Waals surface area contributed by atoms with Gasteiger partial charge in [0, 0.05) is 34.6 Å². The molecule has 0 unspecified atom stereocenters. The van der Waals surface area contributed by atoms with Crippen LogP contribution in [0.25, 0.3) is 16.2 Å². The number of hydrogen-bond donors (Lipinski definition) is 1. The summed E-state index contributed by atoms with van der Waals surface area (Å²) in [5.41, 5.74) is 2.40. The van der Waals surface area contributed by atoms with Gasteiger partial charge in [-0.25, -0.2) is 4.98 Å². The normalized spacial score (nSPS) is 10.9. The first kappa shape index (κ1) is 19.9. The summed E-state index contributed by atoms with van der Waals surface area (Å²) in [6.45, 7) is 1.81. The summed E-state index contributed by atoms with van der Waals surface area (Å²) >= 11 is 7.25. The Bertz CT molecular complexity index is 1300. The fraction of sp³-hybridized carbons (Fsp3) is 0.100. The Morgan fingerprint density at radius 1 is 1.30 bits per heavy atom. The summed E-state index contributed by atoms with van der Waals surface area (Å²) in [5.74, 6) is 0.195. The first-order valence-corrected chi connectivity index (χ1v) is 9.95. The number of nitrogens with zero attached hydrogens (tertiary/aromatic N) is 3. The van der Waals surface area contributed by atoms with Gasteiger partial charge in [0.15, 0.2) is 4.96 Å². The maximum absolute atomic E-state index is 12.8. The lowest BCUT2D eigenvalue weighted by Gasteiger charge is -2.10. The molecule has 0 bridgehead atoms. The standard InChI is InChI=1S/C20H15ClN4O4S/c1-11-18(19(26)22-15-9-13(21)6-7-17(15)29-2)30-20-23-16(10-24(11)20)12-4-3-5-14(8-12)25(27)28/h3-10H,1-2H3,(H,22,26). The summed E-state index contributed by atoms with van der Waals surface area (Å²) in [6.07, 6.45) is 1.76. The average molecular weight is 443 g/mol. The van der Waals surface area contributed by atoms with E-state index in [9.17, 15) is 14.9 Å². The molecule has 0 radical (unpaired) electrons. The minimum Gasteiger partial charge on any atom is -0.495 e. The molecular weight excluding hydrogens is 428 g/mol. The van der Waals surface area contributed by atoms with Crippen LogP contribution < -0.4 is 10.1 Å². The van der Waals surface area contributed by atoms with Crippen LogP contribution in [0.5, 0.6) is 5.75 Å². The second-order valence-electron chi connectivity index (χ2n) is 6.40. The molecule has 4 rings (SSSR count). The number of methoxy groups -OCH3 is 1. The number of imidazole rings is 1. The van der Waals surface area contributed by atoms with Gasteiger partial charge in [0.1, 0.15) is 10.6 Å². The van der Waals surface area contributed by atoms with Crippen LogP contribution in [-0.2, 0) is 0 Å². The van der Waals surface area contributed by atoms with Crippen LogP contribution in [0.15, 0.2) is 48.7 Å². The fourth-order valence-corrected chi connectivity index (χ4v) is 4.21. The van der Waals surface area contributed by atoms with E-state index >= 15 is 0 Å². The van der Waals surface area contributed by atoms with Crippen LogP contribution in [-0.4, -0.2) is 27.3 Å². The van der Waals surface area contributed by atoms with E-state index < -0.39 is 4.92 Å². The van der Waals surface area contributed by atoms with Crippen molar-refractivity contribution in [1.82, 2.24) is 9.38 Å². The van der Waals surface area contributed by atoms with E-state index in [4.69, 9.17) is 16.3 Å². The second-order valence-corrected chi connectivity index (χ2v) is 7.82. The van der Waals surface area contributed by atoms with Gasteiger partial charge >= 0.3 is 0 Å². The molecule has 0 aliphatic carbocycles. The van der Waals surface area contributed by atoms with Crippen molar-refractivity contribution in [1.29, 1.82) is 0 Å². The molecule has 8 nitrogen and oxygen atoms in total. The van der Waals surface area contributed by atoms with Crippen molar-refractivity contribution in [3.8, 4) is 17.0 Å². The molecule has 30 heavy (non-hydrogen) atoms. The number of non-ortho nitro benzene ring substituents is 1. The van der Waals surface area contributed by atoms with Crippen LogP contribution in [0.4, 0.5) is 11.4 Å². The van der Waals surface area contributed by atoms with Crippen molar-refractivity contribution in [3.05, 3.63) is 74.4 Å². The Kier molecular flexibility index (Phi) is 5.15.